The fourth-order valence-electron chi connectivity index (χ4n) is 9.76. The highest BCUT2D eigenvalue weighted by Crippen LogP contribution is 2.44. The van der Waals surface area contributed by atoms with Crippen molar-refractivity contribution in [3.8, 4) is 28.1 Å². The molecule has 5 aromatic rings. The van der Waals surface area contributed by atoms with Crippen molar-refractivity contribution in [1.29, 1.82) is 0 Å². The van der Waals surface area contributed by atoms with Gasteiger partial charge in [-0.15, -0.1) is 0 Å². The summed E-state index contributed by atoms with van der Waals surface area (Å²) in [6.45, 7) is 13.9. The van der Waals surface area contributed by atoms with E-state index in [1.807, 2.05) is 45.7 Å². The molecule has 0 radical (unpaired) electrons. The normalized spacial score (nSPS) is 21.6. The number of hydrogen-bond donors (Lipinski definition) is 4. The average molecular weight is 893 g/mol. The number of carbonyl (C=O) groups is 4. The summed E-state index contributed by atoms with van der Waals surface area (Å²) in [4.78, 5) is 69.9. The van der Waals surface area contributed by atoms with Gasteiger partial charge in [-0.3, -0.25) is 9.59 Å². The second kappa shape index (κ2) is 20.3. The minimum atomic E-state index is -0.745. The number of methoxy groups -OCH3 is 2. The summed E-state index contributed by atoms with van der Waals surface area (Å²) >= 11 is 0. The highest BCUT2D eigenvalue weighted by atomic mass is 16.5. The van der Waals surface area contributed by atoms with Crippen LogP contribution in [0.1, 0.15) is 116 Å². The summed E-state index contributed by atoms with van der Waals surface area (Å²) in [6.07, 6.45) is 6.49. The van der Waals surface area contributed by atoms with Crippen LogP contribution in [0, 0.1) is 11.8 Å². The van der Waals surface area contributed by atoms with E-state index in [0.29, 0.717) is 19.6 Å². The molecule has 3 saturated heterocycles. The molecule has 3 fully saturated rings. The van der Waals surface area contributed by atoms with E-state index in [1.165, 1.54) is 14.2 Å². The van der Waals surface area contributed by atoms with Crippen LogP contribution in [0.2, 0.25) is 0 Å². The summed E-state index contributed by atoms with van der Waals surface area (Å²) in [6, 6.07) is 14.1. The van der Waals surface area contributed by atoms with Crippen LogP contribution in [-0.2, 0) is 30.4 Å². The number of H-pyrrole nitrogens is 2. The molecule has 0 saturated carbocycles. The van der Waals surface area contributed by atoms with Crippen LogP contribution in [-0.4, -0.2) is 99.3 Å². The Morgan fingerprint density at radius 3 is 2.29 bits per heavy atom. The van der Waals surface area contributed by atoms with Gasteiger partial charge in [-0.1, -0.05) is 45.9 Å². The first-order valence-electron chi connectivity index (χ1n) is 23.0. The van der Waals surface area contributed by atoms with E-state index in [1.54, 1.807) is 0 Å². The molecule has 4 amide bonds. The van der Waals surface area contributed by atoms with Crippen molar-refractivity contribution in [2.24, 2.45) is 17.6 Å². The average Bonchev–Trinajstić information content (AvgIpc) is 4.14. The van der Waals surface area contributed by atoms with Gasteiger partial charge in [-0.05, 0) is 111 Å². The van der Waals surface area contributed by atoms with Gasteiger partial charge in [0.25, 0.3) is 0 Å². The minimum absolute atomic E-state index is 0.000876. The summed E-state index contributed by atoms with van der Waals surface area (Å²) in [7, 11) is 2.52. The van der Waals surface area contributed by atoms with Crippen LogP contribution in [0.3, 0.4) is 0 Å². The number of likely N-dealkylation sites (tertiary alicyclic amines) is 2. The van der Waals surface area contributed by atoms with Crippen LogP contribution in [0.5, 0.6) is 5.75 Å². The molecule has 6 atom stereocenters. The SMILES string of the molecule is CC.COC(=O)NC(C(=O)N1[C@@H](C)CC[C@H]1c1ncc(-c2ccc3c(c2)COc2cc4c(ccc5[nH]c([C@@H]6CC[C@H](C)N6C(=O)CC6CCCOC6)nc54)cc2-3)[nH]1)C(C)C.COC(N)=O. The molecule has 2 aromatic heterocycles. The molecule has 6 heterocycles. The summed E-state index contributed by atoms with van der Waals surface area (Å²) in [5, 5.41) is 4.82. The summed E-state index contributed by atoms with van der Waals surface area (Å²) in [5.74, 6) is 2.61. The zero-order valence-electron chi connectivity index (χ0n) is 38.9. The number of primary amides is 1. The Bertz CT molecular complexity index is 2510. The molecule has 348 valence electrons. The molecule has 5 N–H and O–H groups in total. The first-order chi connectivity index (χ1) is 31.3. The lowest BCUT2D eigenvalue weighted by molar-refractivity contribution is -0.137. The third kappa shape index (κ3) is 9.77. The maximum absolute atomic E-state index is 13.9. The van der Waals surface area contributed by atoms with E-state index in [4.69, 9.17) is 24.2 Å². The Morgan fingerprint density at radius 2 is 1.62 bits per heavy atom. The van der Waals surface area contributed by atoms with Gasteiger partial charge in [0.15, 0.2) is 0 Å². The monoisotopic (exact) mass is 892 g/mol. The number of amides is 4. The molecule has 3 aromatic carbocycles. The zero-order valence-corrected chi connectivity index (χ0v) is 38.9. The Hall–Kier alpha value is -6.16. The van der Waals surface area contributed by atoms with Gasteiger partial charge in [0.1, 0.15) is 30.0 Å². The zero-order chi connectivity index (χ0) is 46.5. The standard InChI is InChI=1S/C45H53N7O6.C2H5NO2.C2H6/c1-24(2)40(50-45(55)56-5)44(54)52-26(4)9-14-36(52)42-46-21-35(48-42)29-10-12-31-30(18-29)23-58-38-20-32-28(19-33(31)38)11-13-34-41(32)49-43(47-34)37-15-8-25(3)51(37)39(53)17-27-7-6-16-57-22-27;1-5-2(3)4;1-2/h10-13,18-21,24-27,36-37,40H,6-9,14-17,22-23H2,1-5H3,(H,46,48)(H,47,49)(H,50,55);1H3,(H2,3,4);1-2H3/t25-,26-,27?,36-,37-,40?;;/m0../s1. The maximum atomic E-state index is 13.9. The smallest absolute Gasteiger partial charge is 0.407 e. The second-order valence-electron chi connectivity index (χ2n) is 17.6. The quantitative estimate of drug-likeness (QED) is 0.117. The van der Waals surface area contributed by atoms with Crippen molar-refractivity contribution in [2.75, 3.05) is 27.4 Å². The summed E-state index contributed by atoms with van der Waals surface area (Å²) < 4.78 is 20.8. The molecule has 4 aliphatic rings. The number of imidazole rings is 2. The van der Waals surface area contributed by atoms with Crippen molar-refractivity contribution in [2.45, 2.75) is 123 Å². The molecule has 65 heavy (non-hydrogen) atoms. The Morgan fingerprint density at radius 1 is 0.892 bits per heavy atom. The lowest BCUT2D eigenvalue weighted by Crippen LogP contribution is -2.52. The van der Waals surface area contributed by atoms with Crippen LogP contribution >= 0.6 is 0 Å². The largest absolute Gasteiger partial charge is 0.488 e. The van der Waals surface area contributed by atoms with Gasteiger partial charge in [-0.25, -0.2) is 19.6 Å². The molecular weight excluding hydrogens is 829 g/mol. The number of carbonyl (C=O) groups excluding carboxylic acids is 4. The van der Waals surface area contributed by atoms with Gasteiger partial charge in [0, 0.05) is 42.7 Å². The first-order valence-corrected chi connectivity index (χ1v) is 23.0. The van der Waals surface area contributed by atoms with Gasteiger partial charge in [0.2, 0.25) is 11.8 Å². The predicted molar refractivity (Wildman–Crippen MR) is 248 cm³/mol. The third-order valence-corrected chi connectivity index (χ3v) is 13.1. The molecule has 16 heteroatoms. The number of nitrogens with zero attached hydrogens (tertiary/aromatic N) is 4. The van der Waals surface area contributed by atoms with Crippen molar-refractivity contribution < 1.29 is 38.1 Å². The fourth-order valence-corrected chi connectivity index (χ4v) is 9.76. The van der Waals surface area contributed by atoms with E-state index >= 15 is 0 Å². The Labute approximate surface area is 380 Å². The van der Waals surface area contributed by atoms with Crippen LogP contribution in [0.4, 0.5) is 9.59 Å². The highest BCUT2D eigenvalue weighted by Gasteiger charge is 2.42. The van der Waals surface area contributed by atoms with Crippen molar-refractivity contribution >= 4 is 45.8 Å². The fraction of sp³-hybridized carbons (Fsp3) is 0.510. The van der Waals surface area contributed by atoms with Crippen LogP contribution in [0.25, 0.3) is 44.2 Å². The van der Waals surface area contributed by atoms with Gasteiger partial charge in [0.05, 0.1) is 49.2 Å². The van der Waals surface area contributed by atoms with Gasteiger partial charge in [-0.2, -0.15) is 0 Å². The number of nitrogens with two attached hydrogens (primary N) is 1. The molecule has 9 rings (SSSR count). The van der Waals surface area contributed by atoms with Gasteiger partial charge < -0.3 is 49.8 Å². The Kier molecular flexibility index (Phi) is 14.7. The second-order valence-corrected chi connectivity index (χ2v) is 17.6. The van der Waals surface area contributed by atoms with E-state index in [2.05, 4.69) is 80.0 Å². The molecular formula is C49H64N8O8. The van der Waals surface area contributed by atoms with Crippen LogP contribution in [0.15, 0.2) is 48.7 Å². The van der Waals surface area contributed by atoms with E-state index in [-0.39, 0.29) is 47.8 Å². The molecule has 4 aliphatic heterocycles. The lowest BCUT2D eigenvalue weighted by atomic mass is 9.92. The number of alkyl carbamates (subject to hydrolysis) is 1. The third-order valence-electron chi connectivity index (χ3n) is 13.1. The lowest BCUT2D eigenvalue weighted by Gasteiger charge is -2.32. The number of fused-ring (bicyclic) bond motifs is 6. The Balaban J connectivity index is 0.000000844. The number of aromatic nitrogens is 4. The van der Waals surface area contributed by atoms with E-state index < -0.39 is 18.2 Å². The summed E-state index contributed by atoms with van der Waals surface area (Å²) in [5.41, 5.74) is 11.3. The molecule has 16 nitrogen and oxygen atoms in total. The topological polar surface area (TPSA) is 207 Å². The highest BCUT2D eigenvalue weighted by molar-refractivity contribution is 6.07. The van der Waals surface area contributed by atoms with E-state index in [9.17, 15) is 19.2 Å². The van der Waals surface area contributed by atoms with Crippen LogP contribution < -0.4 is 15.8 Å². The molecule has 2 unspecified atom stereocenters. The molecule has 0 aliphatic carbocycles. The van der Waals surface area contributed by atoms with Gasteiger partial charge >= 0.3 is 12.2 Å². The van der Waals surface area contributed by atoms with Crippen molar-refractivity contribution in [3.05, 3.63) is 65.9 Å². The van der Waals surface area contributed by atoms with E-state index in [0.717, 1.165) is 112 Å². The first kappa shape index (κ1) is 46.8. The molecule has 0 bridgehead atoms. The predicted octanol–water partition coefficient (Wildman–Crippen LogP) is 8.70. The number of nitrogens with one attached hydrogen (secondary N) is 3. The molecule has 0 spiro atoms. The van der Waals surface area contributed by atoms with Crippen molar-refractivity contribution in [1.82, 2.24) is 35.1 Å². The minimum Gasteiger partial charge on any atom is -0.488 e. The maximum Gasteiger partial charge on any atom is 0.407 e. The number of rotatable bonds is 8. The number of aromatic amines is 2. The number of benzene rings is 3. The number of ether oxygens (including phenoxy) is 4. The number of hydrogen-bond acceptors (Lipinski definition) is 10. The van der Waals surface area contributed by atoms with Crippen molar-refractivity contribution in [3.63, 3.8) is 0 Å².